The van der Waals surface area contributed by atoms with Crippen molar-refractivity contribution in [3.05, 3.63) is 77.1 Å². The molecule has 3 aromatic rings. The van der Waals surface area contributed by atoms with Crippen LogP contribution >= 0.6 is 11.6 Å². The number of benzene rings is 2. The Balaban J connectivity index is 1.47. The van der Waals surface area contributed by atoms with Gasteiger partial charge in [-0.25, -0.2) is 0 Å². The fraction of sp³-hybridized carbons (Fsp3) is 0.367. The average Bonchev–Trinajstić information content (AvgIpc) is 3.55. The second kappa shape index (κ2) is 10.5. The largest absolute Gasteiger partial charge is 0.490 e. The molecule has 2 aromatic carbocycles. The Kier molecular flexibility index (Phi) is 7.22. The topological polar surface area (TPSA) is 71.3 Å². The smallest absolute Gasteiger partial charge is 0.210 e. The molecule has 2 fully saturated rings. The van der Waals surface area contributed by atoms with Gasteiger partial charge in [0.05, 0.1) is 5.69 Å². The van der Waals surface area contributed by atoms with Crippen LogP contribution in [-0.2, 0) is 0 Å². The van der Waals surface area contributed by atoms with Crippen molar-refractivity contribution in [3.8, 4) is 16.9 Å². The summed E-state index contributed by atoms with van der Waals surface area (Å²) in [6.07, 6.45) is 9.06. The molecule has 0 radical (unpaired) electrons. The van der Waals surface area contributed by atoms with Crippen LogP contribution in [0.2, 0.25) is 5.02 Å². The fourth-order valence-corrected chi connectivity index (χ4v) is 5.89. The maximum Gasteiger partial charge on any atom is 0.210 e. The van der Waals surface area contributed by atoms with Gasteiger partial charge in [-0.1, -0.05) is 55.3 Å². The zero-order valence-corrected chi connectivity index (χ0v) is 21.6. The minimum Gasteiger partial charge on any atom is -0.490 e. The lowest BCUT2D eigenvalue weighted by Crippen LogP contribution is -2.43. The van der Waals surface area contributed by atoms with Crippen LogP contribution in [0.15, 0.2) is 66.4 Å². The molecule has 2 heterocycles. The Hall–Kier alpha value is -3.02. The van der Waals surface area contributed by atoms with E-state index in [0.717, 1.165) is 59.8 Å². The van der Waals surface area contributed by atoms with Gasteiger partial charge in [-0.2, -0.15) is 0 Å². The SMILES string of the molecule is C=C/C(C(=O)c1cc2cc(OC3CCN(C4CCCC4)CC3)c(-c3ccccc3Cl)cc2[nH]1)=C(\C)N. The summed E-state index contributed by atoms with van der Waals surface area (Å²) >= 11 is 6.61. The number of nitrogens with two attached hydrogens (primary N) is 1. The number of hydrogen-bond donors (Lipinski definition) is 2. The highest BCUT2D eigenvalue weighted by Crippen LogP contribution is 2.39. The van der Waals surface area contributed by atoms with Gasteiger partial charge in [0, 0.05) is 57.5 Å². The van der Waals surface area contributed by atoms with Gasteiger partial charge < -0.3 is 20.4 Å². The molecule has 1 aromatic heterocycles. The Bertz CT molecular complexity index is 1310. The molecule has 5 nitrogen and oxygen atoms in total. The van der Waals surface area contributed by atoms with Crippen LogP contribution in [0.5, 0.6) is 5.75 Å². The third kappa shape index (κ3) is 4.95. The molecule has 1 saturated heterocycles. The normalized spacial score (nSPS) is 18.4. The standard InChI is InChI=1S/C30H34ClN3O2/c1-3-23(19(2)32)30(35)28-16-20-17-29(25(18-27(20)33-28)24-10-6-7-11-26(24)31)36-22-12-14-34(15-13-22)21-8-4-5-9-21/h3,6-7,10-11,16-18,21-22,33H,1,4-5,8-9,12-15,32H2,2H3/b23-19-. The number of halogens is 1. The van der Waals surface area contributed by atoms with Crippen LogP contribution in [-0.4, -0.2) is 40.9 Å². The molecule has 0 bridgehead atoms. The molecule has 36 heavy (non-hydrogen) atoms. The minimum absolute atomic E-state index is 0.150. The van der Waals surface area contributed by atoms with E-state index < -0.39 is 0 Å². The summed E-state index contributed by atoms with van der Waals surface area (Å²) in [5.41, 5.74) is 9.89. The van der Waals surface area contributed by atoms with Crippen molar-refractivity contribution in [2.75, 3.05) is 13.1 Å². The number of fused-ring (bicyclic) bond motifs is 1. The lowest BCUT2D eigenvalue weighted by Gasteiger charge is -2.36. The van der Waals surface area contributed by atoms with E-state index in [-0.39, 0.29) is 11.9 Å². The Morgan fingerprint density at radius 3 is 2.50 bits per heavy atom. The fourth-order valence-electron chi connectivity index (χ4n) is 5.66. The number of hydrogen-bond acceptors (Lipinski definition) is 4. The Morgan fingerprint density at radius 1 is 1.11 bits per heavy atom. The zero-order valence-electron chi connectivity index (χ0n) is 20.9. The van der Waals surface area contributed by atoms with E-state index in [4.69, 9.17) is 22.1 Å². The summed E-state index contributed by atoms with van der Waals surface area (Å²) in [4.78, 5) is 19.0. The van der Waals surface area contributed by atoms with Crippen LogP contribution in [0.3, 0.4) is 0 Å². The second-order valence-electron chi connectivity index (χ2n) is 10.0. The number of aromatic amines is 1. The second-order valence-corrected chi connectivity index (χ2v) is 10.4. The quantitative estimate of drug-likeness (QED) is 0.209. The molecule has 0 unspecified atom stereocenters. The predicted molar refractivity (Wildman–Crippen MR) is 148 cm³/mol. The van der Waals surface area contributed by atoms with Crippen LogP contribution in [0.25, 0.3) is 22.0 Å². The van der Waals surface area contributed by atoms with Gasteiger partial charge >= 0.3 is 0 Å². The Morgan fingerprint density at radius 2 is 1.83 bits per heavy atom. The summed E-state index contributed by atoms with van der Waals surface area (Å²) in [7, 11) is 0. The molecule has 6 heteroatoms. The molecule has 1 saturated carbocycles. The molecule has 2 aliphatic rings. The van der Waals surface area contributed by atoms with E-state index in [9.17, 15) is 4.79 Å². The summed E-state index contributed by atoms with van der Waals surface area (Å²) in [6.45, 7) is 7.61. The predicted octanol–water partition coefficient (Wildman–Crippen LogP) is 6.88. The van der Waals surface area contributed by atoms with E-state index in [1.54, 1.807) is 6.92 Å². The number of H-pyrrole nitrogens is 1. The first-order valence-corrected chi connectivity index (χ1v) is 13.3. The van der Waals surface area contributed by atoms with Gasteiger partial charge in [0.15, 0.2) is 0 Å². The summed E-state index contributed by atoms with van der Waals surface area (Å²) in [5.74, 6) is 0.615. The van der Waals surface area contributed by atoms with Crippen molar-refractivity contribution in [1.82, 2.24) is 9.88 Å². The first-order chi connectivity index (χ1) is 17.4. The first kappa shape index (κ1) is 24.7. The highest BCUT2D eigenvalue weighted by Gasteiger charge is 2.28. The van der Waals surface area contributed by atoms with E-state index in [1.807, 2.05) is 42.5 Å². The number of rotatable bonds is 7. The number of nitrogens with one attached hydrogen (secondary N) is 1. The van der Waals surface area contributed by atoms with Crippen LogP contribution < -0.4 is 10.5 Å². The van der Waals surface area contributed by atoms with Crippen molar-refractivity contribution in [2.24, 2.45) is 5.73 Å². The van der Waals surface area contributed by atoms with Crippen molar-refractivity contribution < 1.29 is 9.53 Å². The lowest BCUT2D eigenvalue weighted by molar-refractivity contribution is 0.0772. The van der Waals surface area contributed by atoms with Gasteiger partial charge in [0.1, 0.15) is 11.9 Å². The van der Waals surface area contributed by atoms with E-state index in [0.29, 0.717) is 22.0 Å². The van der Waals surface area contributed by atoms with Crippen molar-refractivity contribution in [1.29, 1.82) is 0 Å². The summed E-state index contributed by atoms with van der Waals surface area (Å²) < 4.78 is 6.66. The molecular weight excluding hydrogens is 470 g/mol. The number of nitrogens with zero attached hydrogens (tertiary/aromatic N) is 1. The third-order valence-corrected chi connectivity index (χ3v) is 7.94. The highest BCUT2D eigenvalue weighted by atomic mass is 35.5. The third-order valence-electron chi connectivity index (χ3n) is 7.61. The number of ketones is 1. The number of ether oxygens (including phenoxy) is 1. The summed E-state index contributed by atoms with van der Waals surface area (Å²) in [5, 5.41) is 1.57. The number of Topliss-reactive ketones (excluding diaryl/α,β-unsaturated/α-hetero) is 1. The number of aromatic nitrogens is 1. The maximum absolute atomic E-state index is 13.0. The van der Waals surface area contributed by atoms with Crippen molar-refractivity contribution in [3.63, 3.8) is 0 Å². The van der Waals surface area contributed by atoms with Gasteiger partial charge in [0.2, 0.25) is 5.78 Å². The zero-order chi connectivity index (χ0) is 25.2. The molecular formula is C30H34ClN3O2. The monoisotopic (exact) mass is 503 g/mol. The van der Waals surface area contributed by atoms with Crippen LogP contribution in [0.4, 0.5) is 0 Å². The highest BCUT2D eigenvalue weighted by molar-refractivity contribution is 6.33. The minimum atomic E-state index is -0.178. The molecule has 1 aliphatic carbocycles. The number of carbonyl (C=O) groups excluding carboxylic acids is 1. The lowest BCUT2D eigenvalue weighted by atomic mass is 10.0. The Labute approximate surface area is 218 Å². The average molecular weight is 504 g/mol. The first-order valence-electron chi connectivity index (χ1n) is 12.9. The number of piperidine rings is 1. The van der Waals surface area contributed by atoms with Gasteiger partial charge in [-0.3, -0.25) is 4.79 Å². The summed E-state index contributed by atoms with van der Waals surface area (Å²) in [6, 6.07) is 14.5. The number of likely N-dealkylation sites (tertiary alicyclic amines) is 1. The number of allylic oxidation sites excluding steroid dienone is 3. The van der Waals surface area contributed by atoms with Gasteiger partial charge in [-0.15, -0.1) is 0 Å². The maximum atomic E-state index is 13.0. The van der Waals surface area contributed by atoms with Crippen molar-refractivity contribution in [2.45, 2.75) is 57.6 Å². The van der Waals surface area contributed by atoms with E-state index in [2.05, 4.69) is 16.5 Å². The molecule has 188 valence electrons. The van der Waals surface area contributed by atoms with E-state index in [1.165, 1.54) is 31.8 Å². The molecule has 5 rings (SSSR count). The molecule has 0 amide bonds. The van der Waals surface area contributed by atoms with E-state index >= 15 is 0 Å². The molecule has 0 spiro atoms. The molecule has 1 aliphatic heterocycles. The van der Waals surface area contributed by atoms with Gasteiger partial charge in [0.25, 0.3) is 0 Å². The molecule has 3 N–H and O–H groups in total. The van der Waals surface area contributed by atoms with Crippen LogP contribution in [0, 0.1) is 0 Å². The number of carbonyl (C=O) groups is 1. The van der Waals surface area contributed by atoms with Gasteiger partial charge in [-0.05, 0) is 56.9 Å². The molecule has 0 atom stereocenters. The van der Waals surface area contributed by atoms with Crippen molar-refractivity contribution >= 4 is 28.3 Å². The van der Waals surface area contributed by atoms with Crippen LogP contribution in [0.1, 0.15) is 55.9 Å².